The standard InChI is InChI=1S/C16H16Br2ClFN4S.C2H6/c1-3-4-8-7-21-5-6-24(8)15-9-10(17)12(19)11(18)13(20)14(9)22-16(23-15)25-2;1-2/h3,8,21H,1,4-7H2,2H3;1-2H3. The smallest absolute Gasteiger partial charge is 0.189 e. The number of halogens is 4. The van der Waals surface area contributed by atoms with Crippen LogP contribution in [0.2, 0.25) is 5.02 Å². The first kappa shape index (κ1) is 22.9. The van der Waals surface area contributed by atoms with Crippen LogP contribution in [0.25, 0.3) is 10.9 Å². The minimum Gasteiger partial charge on any atom is -0.350 e. The summed E-state index contributed by atoms with van der Waals surface area (Å²) in [5.41, 5.74) is 0.258. The van der Waals surface area contributed by atoms with Gasteiger partial charge in [0.25, 0.3) is 0 Å². The molecule has 1 N–H and O–H groups in total. The van der Waals surface area contributed by atoms with Gasteiger partial charge in [0.05, 0.1) is 19.4 Å². The molecule has 3 rings (SSSR count). The lowest BCUT2D eigenvalue weighted by atomic mass is 10.1. The van der Waals surface area contributed by atoms with Crippen molar-refractivity contribution in [3.63, 3.8) is 0 Å². The Balaban J connectivity index is 0.00000126. The molecule has 0 amide bonds. The van der Waals surface area contributed by atoms with Crippen molar-refractivity contribution in [1.29, 1.82) is 0 Å². The van der Waals surface area contributed by atoms with Gasteiger partial charge in [-0.2, -0.15) is 0 Å². The molecule has 1 aliphatic heterocycles. The predicted molar refractivity (Wildman–Crippen MR) is 122 cm³/mol. The van der Waals surface area contributed by atoms with Crippen LogP contribution in [0.4, 0.5) is 10.2 Å². The molecular weight excluding hydrogens is 519 g/mol. The molecule has 0 saturated carbocycles. The average Bonchev–Trinajstić information content (AvgIpc) is 2.71. The molecule has 1 aromatic carbocycles. The average molecular weight is 541 g/mol. The number of nitrogens with one attached hydrogen (secondary N) is 1. The lowest BCUT2D eigenvalue weighted by Gasteiger charge is -2.37. The van der Waals surface area contributed by atoms with E-state index in [-0.39, 0.29) is 21.1 Å². The summed E-state index contributed by atoms with van der Waals surface area (Å²) in [7, 11) is 0. The van der Waals surface area contributed by atoms with Gasteiger partial charge in [0.2, 0.25) is 0 Å². The van der Waals surface area contributed by atoms with Gasteiger partial charge in [0, 0.05) is 25.7 Å². The first-order chi connectivity index (χ1) is 13.0. The first-order valence-electron chi connectivity index (χ1n) is 8.65. The highest BCUT2D eigenvalue weighted by Crippen LogP contribution is 2.43. The van der Waals surface area contributed by atoms with Crippen LogP contribution in [0.5, 0.6) is 0 Å². The van der Waals surface area contributed by atoms with Gasteiger partial charge in [0.1, 0.15) is 11.3 Å². The molecule has 4 nitrogen and oxygen atoms in total. The Hall–Kier alpha value is -0.410. The highest BCUT2D eigenvalue weighted by Gasteiger charge is 2.28. The van der Waals surface area contributed by atoms with Crippen LogP contribution in [-0.4, -0.2) is 41.9 Å². The van der Waals surface area contributed by atoms with Gasteiger partial charge >= 0.3 is 0 Å². The highest BCUT2D eigenvalue weighted by atomic mass is 79.9. The molecule has 1 unspecified atom stereocenters. The van der Waals surface area contributed by atoms with Crippen LogP contribution in [0.3, 0.4) is 0 Å². The predicted octanol–water partition coefficient (Wildman–Crippen LogP) is 6.05. The number of thioether (sulfide) groups is 1. The summed E-state index contributed by atoms with van der Waals surface area (Å²) < 4.78 is 15.6. The molecule has 0 bridgehead atoms. The van der Waals surface area contributed by atoms with Gasteiger partial charge in [-0.1, -0.05) is 43.3 Å². The summed E-state index contributed by atoms with van der Waals surface area (Å²) in [5, 5.41) is 4.79. The Kier molecular flexibility index (Phi) is 8.80. The monoisotopic (exact) mass is 538 g/mol. The molecule has 0 radical (unpaired) electrons. The third-order valence-corrected chi connectivity index (χ3v) is 7.04. The molecule has 1 aromatic heterocycles. The van der Waals surface area contributed by atoms with Crippen LogP contribution in [0.1, 0.15) is 20.3 Å². The van der Waals surface area contributed by atoms with Gasteiger partial charge in [-0.15, -0.1) is 6.58 Å². The summed E-state index contributed by atoms with van der Waals surface area (Å²) in [4.78, 5) is 11.3. The maximum absolute atomic E-state index is 14.8. The van der Waals surface area contributed by atoms with Gasteiger partial charge in [0.15, 0.2) is 11.0 Å². The van der Waals surface area contributed by atoms with E-state index >= 15 is 0 Å². The maximum atomic E-state index is 14.8. The van der Waals surface area contributed by atoms with E-state index in [1.165, 1.54) is 11.8 Å². The van der Waals surface area contributed by atoms with Crippen molar-refractivity contribution in [3.8, 4) is 0 Å². The zero-order valence-corrected chi connectivity index (χ0v) is 20.2. The van der Waals surface area contributed by atoms with E-state index in [9.17, 15) is 4.39 Å². The number of rotatable bonds is 4. The third-order valence-electron chi connectivity index (χ3n) is 4.12. The van der Waals surface area contributed by atoms with Crippen molar-refractivity contribution in [2.45, 2.75) is 31.5 Å². The lowest BCUT2D eigenvalue weighted by molar-refractivity contribution is 0.475. The number of benzene rings is 1. The molecule has 0 aliphatic carbocycles. The van der Waals surface area contributed by atoms with E-state index in [2.05, 4.69) is 53.6 Å². The van der Waals surface area contributed by atoms with Crippen LogP contribution in [0.15, 0.2) is 26.8 Å². The van der Waals surface area contributed by atoms with E-state index in [0.717, 1.165) is 26.1 Å². The topological polar surface area (TPSA) is 41.0 Å². The Labute approximate surface area is 185 Å². The molecule has 27 heavy (non-hydrogen) atoms. The number of fused-ring (bicyclic) bond motifs is 1. The second-order valence-corrected chi connectivity index (χ2v) is 8.33. The summed E-state index contributed by atoms with van der Waals surface area (Å²) in [6.45, 7) is 10.3. The number of piperazine rings is 1. The fourth-order valence-corrected chi connectivity index (χ4v) is 4.69. The molecule has 1 fully saturated rings. The lowest BCUT2D eigenvalue weighted by Crippen LogP contribution is -2.51. The second kappa shape index (κ2) is 10.4. The number of hydrogen-bond donors (Lipinski definition) is 1. The van der Waals surface area contributed by atoms with Crippen LogP contribution < -0.4 is 10.2 Å². The molecule has 1 aliphatic rings. The van der Waals surface area contributed by atoms with Crippen LogP contribution in [0, 0.1) is 5.82 Å². The van der Waals surface area contributed by atoms with E-state index in [1.807, 2.05) is 26.2 Å². The van der Waals surface area contributed by atoms with E-state index in [4.69, 9.17) is 16.6 Å². The molecule has 1 atom stereocenters. The van der Waals surface area contributed by atoms with Crippen LogP contribution >= 0.6 is 55.2 Å². The molecule has 0 spiro atoms. The summed E-state index contributed by atoms with van der Waals surface area (Å²) in [6.07, 6.45) is 4.57. The Morgan fingerprint density at radius 1 is 1.37 bits per heavy atom. The fourth-order valence-electron chi connectivity index (χ4n) is 2.94. The fraction of sp³-hybridized carbons (Fsp3) is 0.444. The summed E-state index contributed by atoms with van der Waals surface area (Å²) in [6, 6.07) is 0.191. The number of anilines is 1. The van der Waals surface area contributed by atoms with Crippen molar-refractivity contribution in [2.24, 2.45) is 0 Å². The largest absolute Gasteiger partial charge is 0.350 e. The van der Waals surface area contributed by atoms with Gasteiger partial charge in [-0.25, -0.2) is 14.4 Å². The van der Waals surface area contributed by atoms with Crippen molar-refractivity contribution < 1.29 is 4.39 Å². The molecule has 1 saturated heterocycles. The number of nitrogens with zero attached hydrogens (tertiary/aromatic N) is 3. The maximum Gasteiger partial charge on any atom is 0.189 e. The quantitative estimate of drug-likeness (QED) is 0.168. The van der Waals surface area contributed by atoms with Gasteiger partial charge in [-0.05, 0) is 44.5 Å². The van der Waals surface area contributed by atoms with Crippen molar-refractivity contribution >= 4 is 71.9 Å². The number of hydrogen-bond acceptors (Lipinski definition) is 5. The SMILES string of the molecule is C=CCC1CNCCN1c1nc(SC)nc2c(F)c(Br)c(Cl)c(Br)c12.CC. The summed E-state index contributed by atoms with van der Waals surface area (Å²) in [5.74, 6) is 0.223. The molecule has 148 valence electrons. The zero-order chi connectivity index (χ0) is 20.1. The minimum absolute atomic E-state index is 0.191. The molecular formula is C18H22Br2ClFN4S. The summed E-state index contributed by atoms with van der Waals surface area (Å²) >= 11 is 14.4. The van der Waals surface area contributed by atoms with Gasteiger partial charge in [-0.3, -0.25) is 0 Å². The van der Waals surface area contributed by atoms with Crippen molar-refractivity contribution in [3.05, 3.63) is 32.4 Å². The molecule has 2 heterocycles. The highest BCUT2D eigenvalue weighted by molar-refractivity contribution is 9.11. The van der Waals surface area contributed by atoms with E-state index in [0.29, 0.717) is 20.8 Å². The Morgan fingerprint density at radius 3 is 2.70 bits per heavy atom. The Bertz CT molecular complexity index is 837. The third kappa shape index (κ3) is 4.61. The number of aromatic nitrogens is 2. The normalized spacial score (nSPS) is 16.9. The van der Waals surface area contributed by atoms with Crippen molar-refractivity contribution in [2.75, 3.05) is 30.8 Å². The first-order valence-corrected chi connectivity index (χ1v) is 11.8. The van der Waals surface area contributed by atoms with E-state index in [1.54, 1.807) is 0 Å². The molecule has 2 aromatic rings. The van der Waals surface area contributed by atoms with E-state index < -0.39 is 5.82 Å². The minimum atomic E-state index is -0.474. The van der Waals surface area contributed by atoms with Gasteiger partial charge < -0.3 is 10.2 Å². The zero-order valence-electron chi connectivity index (χ0n) is 15.5. The van der Waals surface area contributed by atoms with Crippen molar-refractivity contribution in [1.82, 2.24) is 15.3 Å². The second-order valence-electron chi connectivity index (χ2n) is 5.59. The Morgan fingerprint density at radius 2 is 2.07 bits per heavy atom. The molecule has 9 heteroatoms. The van der Waals surface area contributed by atoms with Crippen LogP contribution in [-0.2, 0) is 0 Å².